The molecule has 11 heavy (non-hydrogen) atoms. The van der Waals surface area contributed by atoms with Crippen LogP contribution in [-0.2, 0) is 0 Å². The molecule has 1 aromatic rings. The molecule has 0 spiro atoms. The summed E-state index contributed by atoms with van der Waals surface area (Å²) in [6, 6.07) is 8.19. The average Bonchev–Trinajstić information content (AvgIpc) is 2.05. The van der Waals surface area contributed by atoms with Crippen LogP contribution in [0.2, 0.25) is 0 Å². The lowest BCUT2D eigenvalue weighted by Gasteiger charge is -1.99. The van der Waals surface area contributed by atoms with Crippen LogP contribution < -0.4 is 0 Å². The van der Waals surface area contributed by atoms with Gasteiger partial charge in [0.05, 0.1) is 0 Å². The van der Waals surface area contributed by atoms with E-state index in [0.29, 0.717) is 5.56 Å². The van der Waals surface area contributed by atoms with Crippen LogP contribution in [0.15, 0.2) is 30.3 Å². The van der Waals surface area contributed by atoms with E-state index in [2.05, 4.69) is 0 Å². The Morgan fingerprint density at radius 2 is 1.73 bits per heavy atom. The molecule has 1 aromatic carbocycles. The Kier molecular flexibility index (Phi) is 2.71. The van der Waals surface area contributed by atoms with Gasteiger partial charge in [-0.1, -0.05) is 30.3 Å². The van der Waals surface area contributed by atoms with Crippen LogP contribution in [0, 0.1) is 0 Å². The third-order valence-electron chi connectivity index (χ3n) is 1.20. The van der Waals surface area contributed by atoms with Crippen molar-refractivity contribution in [2.45, 2.75) is 0 Å². The van der Waals surface area contributed by atoms with Crippen molar-refractivity contribution in [1.82, 2.24) is 0 Å². The van der Waals surface area contributed by atoms with E-state index in [1.165, 1.54) is 0 Å². The van der Waals surface area contributed by atoms with Crippen LogP contribution in [-0.4, -0.2) is 15.3 Å². The molecule has 4 heteroatoms. The van der Waals surface area contributed by atoms with E-state index >= 15 is 0 Å². The van der Waals surface area contributed by atoms with Crippen LogP contribution in [0.3, 0.4) is 0 Å². The van der Waals surface area contributed by atoms with Gasteiger partial charge in [0, 0.05) is 5.56 Å². The molecular formula is C7H7O3P. The molecule has 0 bridgehead atoms. The van der Waals surface area contributed by atoms with Crippen LogP contribution in [0.1, 0.15) is 10.4 Å². The zero-order valence-electron chi connectivity index (χ0n) is 5.64. The lowest BCUT2D eigenvalue weighted by Crippen LogP contribution is -1.94. The first kappa shape index (κ1) is 8.34. The van der Waals surface area contributed by atoms with Crippen molar-refractivity contribution < 1.29 is 14.6 Å². The molecule has 0 fully saturated rings. The van der Waals surface area contributed by atoms with Gasteiger partial charge < -0.3 is 9.79 Å². The molecule has 0 saturated carbocycles. The highest BCUT2D eigenvalue weighted by molar-refractivity contribution is 7.65. The van der Waals surface area contributed by atoms with Gasteiger partial charge in [0.15, 0.2) is 0 Å². The first-order valence-corrected chi connectivity index (χ1v) is 4.24. The molecule has 0 atom stereocenters. The van der Waals surface area contributed by atoms with Gasteiger partial charge in [-0.3, -0.25) is 4.79 Å². The summed E-state index contributed by atoms with van der Waals surface area (Å²) in [4.78, 5) is 28.0. The zero-order chi connectivity index (χ0) is 8.27. The number of benzene rings is 1. The first-order valence-electron chi connectivity index (χ1n) is 2.99. The Morgan fingerprint density at radius 1 is 1.18 bits per heavy atom. The standard InChI is InChI=1S/C7H7O3P/c8-7(11(9)10)6-4-2-1-3-5-6/h1-5,9-10H. The molecule has 0 aromatic heterocycles. The predicted molar refractivity (Wildman–Crippen MR) is 42.1 cm³/mol. The van der Waals surface area contributed by atoms with Gasteiger partial charge in [0.1, 0.15) is 0 Å². The Labute approximate surface area is 65.2 Å². The van der Waals surface area contributed by atoms with Crippen molar-refractivity contribution in [1.29, 1.82) is 0 Å². The van der Waals surface area contributed by atoms with Crippen molar-refractivity contribution >= 4 is 13.9 Å². The average molecular weight is 170 g/mol. The maximum Gasteiger partial charge on any atom is 0.243 e. The highest BCUT2D eigenvalue weighted by Crippen LogP contribution is 2.28. The number of carbonyl (C=O) groups is 1. The zero-order valence-corrected chi connectivity index (χ0v) is 6.53. The van der Waals surface area contributed by atoms with E-state index in [9.17, 15) is 4.79 Å². The minimum absolute atomic E-state index is 0.337. The normalized spacial score (nSPS) is 10.1. The summed E-state index contributed by atoms with van der Waals surface area (Å²) < 4.78 is 0. The second-order valence-electron chi connectivity index (χ2n) is 1.96. The molecule has 3 nitrogen and oxygen atoms in total. The fourth-order valence-electron chi connectivity index (χ4n) is 0.696. The van der Waals surface area contributed by atoms with Gasteiger partial charge in [-0.15, -0.1) is 0 Å². The van der Waals surface area contributed by atoms with Gasteiger partial charge in [-0.2, -0.15) is 0 Å². The summed E-state index contributed by atoms with van der Waals surface area (Å²) in [6.07, 6.45) is 0. The molecule has 0 aliphatic rings. The quantitative estimate of drug-likeness (QED) is 0.654. The maximum atomic E-state index is 10.9. The fourth-order valence-corrected chi connectivity index (χ4v) is 1.08. The fraction of sp³-hybridized carbons (Fsp3) is 0. The Balaban J connectivity index is 2.86. The van der Waals surface area contributed by atoms with E-state index in [1.807, 2.05) is 0 Å². The van der Waals surface area contributed by atoms with Gasteiger partial charge in [-0.25, -0.2) is 0 Å². The molecular weight excluding hydrogens is 163 g/mol. The second-order valence-corrected chi connectivity index (χ2v) is 2.95. The topological polar surface area (TPSA) is 57.5 Å². The van der Waals surface area contributed by atoms with Crippen LogP contribution in [0.25, 0.3) is 0 Å². The number of hydrogen-bond donors (Lipinski definition) is 2. The lowest BCUT2D eigenvalue weighted by molar-refractivity contribution is 0.106. The first-order chi connectivity index (χ1) is 5.22. The highest BCUT2D eigenvalue weighted by atomic mass is 31.2. The molecule has 0 unspecified atom stereocenters. The summed E-state index contributed by atoms with van der Waals surface area (Å²) in [5, 5.41) is 0. The van der Waals surface area contributed by atoms with E-state index < -0.39 is 13.9 Å². The second kappa shape index (κ2) is 3.58. The highest BCUT2D eigenvalue weighted by Gasteiger charge is 2.13. The van der Waals surface area contributed by atoms with Crippen LogP contribution >= 0.6 is 8.38 Å². The van der Waals surface area contributed by atoms with Crippen molar-refractivity contribution in [2.24, 2.45) is 0 Å². The smallest absolute Gasteiger partial charge is 0.243 e. The van der Waals surface area contributed by atoms with Crippen LogP contribution in [0.4, 0.5) is 0 Å². The molecule has 0 heterocycles. The summed E-state index contributed by atoms with van der Waals surface area (Å²) >= 11 is 0. The van der Waals surface area contributed by atoms with Gasteiger partial charge in [0.25, 0.3) is 0 Å². The van der Waals surface area contributed by atoms with Crippen molar-refractivity contribution in [3.63, 3.8) is 0 Å². The molecule has 0 amide bonds. The number of rotatable bonds is 2. The largest absolute Gasteiger partial charge is 0.344 e. The Morgan fingerprint density at radius 3 is 2.18 bits per heavy atom. The Bertz CT molecular complexity index is 245. The Hall–Kier alpha value is -0.760. The molecule has 58 valence electrons. The minimum atomic E-state index is -2.48. The van der Waals surface area contributed by atoms with Gasteiger partial charge >= 0.3 is 0 Å². The van der Waals surface area contributed by atoms with Crippen molar-refractivity contribution in [3.8, 4) is 0 Å². The molecule has 0 saturated heterocycles. The SMILES string of the molecule is O=C(c1ccccc1)P(O)O. The predicted octanol–water partition coefficient (Wildman–Crippen LogP) is 1.12. The molecule has 0 aliphatic heterocycles. The van der Waals surface area contributed by atoms with Crippen molar-refractivity contribution in [2.75, 3.05) is 0 Å². The number of hydrogen-bond acceptors (Lipinski definition) is 3. The van der Waals surface area contributed by atoms with E-state index in [1.54, 1.807) is 30.3 Å². The third kappa shape index (κ3) is 2.09. The van der Waals surface area contributed by atoms with E-state index in [4.69, 9.17) is 9.79 Å². The van der Waals surface area contributed by atoms with Crippen molar-refractivity contribution in [3.05, 3.63) is 35.9 Å². The number of carbonyl (C=O) groups excluding carboxylic acids is 1. The van der Waals surface area contributed by atoms with Gasteiger partial charge in [-0.05, 0) is 0 Å². The molecule has 1 rings (SSSR count). The molecule has 0 radical (unpaired) electrons. The third-order valence-corrected chi connectivity index (χ3v) is 1.82. The monoisotopic (exact) mass is 170 g/mol. The van der Waals surface area contributed by atoms with E-state index in [-0.39, 0.29) is 0 Å². The summed E-state index contributed by atoms with van der Waals surface area (Å²) in [5.74, 6) is 0. The molecule has 0 aliphatic carbocycles. The lowest BCUT2D eigenvalue weighted by atomic mass is 10.2. The summed E-state index contributed by atoms with van der Waals surface area (Å²) in [6.45, 7) is 0. The van der Waals surface area contributed by atoms with Gasteiger partial charge in [0.2, 0.25) is 13.9 Å². The van der Waals surface area contributed by atoms with E-state index in [0.717, 1.165) is 0 Å². The maximum absolute atomic E-state index is 10.9. The summed E-state index contributed by atoms with van der Waals surface area (Å²) in [7, 11) is -2.48. The minimum Gasteiger partial charge on any atom is -0.344 e. The summed E-state index contributed by atoms with van der Waals surface area (Å²) in [5.41, 5.74) is -0.274. The molecule has 2 N–H and O–H groups in total. The van der Waals surface area contributed by atoms with Crippen LogP contribution in [0.5, 0.6) is 0 Å².